The molecule has 1 amide bonds. The highest BCUT2D eigenvalue weighted by atomic mass is 16.6. The molecule has 2 atom stereocenters. The van der Waals surface area contributed by atoms with Crippen molar-refractivity contribution < 1.29 is 14.3 Å². The minimum atomic E-state index is -0.254. The predicted molar refractivity (Wildman–Crippen MR) is 128 cm³/mol. The molecule has 2 saturated heterocycles. The van der Waals surface area contributed by atoms with Crippen molar-refractivity contribution in [1.82, 2.24) is 15.1 Å². The fourth-order valence-corrected chi connectivity index (χ4v) is 6.10. The Balaban J connectivity index is 1.14. The van der Waals surface area contributed by atoms with Crippen molar-refractivity contribution in [3.63, 3.8) is 0 Å². The van der Waals surface area contributed by atoms with Gasteiger partial charge in [-0.1, -0.05) is 48.5 Å². The summed E-state index contributed by atoms with van der Waals surface area (Å²) in [5.41, 5.74) is 6.08. The van der Waals surface area contributed by atoms with E-state index in [4.69, 9.17) is 4.74 Å². The van der Waals surface area contributed by atoms with Crippen molar-refractivity contribution in [3.05, 3.63) is 83.2 Å². The highest BCUT2D eigenvalue weighted by Crippen LogP contribution is 2.45. The minimum Gasteiger partial charge on any atom is -0.448 e. The molecule has 0 spiro atoms. The lowest BCUT2D eigenvalue weighted by atomic mass is 9.86. The molecule has 0 saturated carbocycles. The van der Waals surface area contributed by atoms with E-state index < -0.39 is 0 Å². The summed E-state index contributed by atoms with van der Waals surface area (Å²) in [6, 6.07) is 20.4. The largest absolute Gasteiger partial charge is 0.448 e. The monoisotopic (exact) mass is 453 g/mol. The summed E-state index contributed by atoms with van der Waals surface area (Å²) in [7, 11) is 0. The third kappa shape index (κ3) is 3.49. The molecular weight excluding hydrogens is 426 g/mol. The molecule has 1 aromatic heterocycles. The second-order valence-electron chi connectivity index (χ2n) is 9.69. The van der Waals surface area contributed by atoms with Crippen molar-refractivity contribution in [2.75, 3.05) is 6.61 Å². The molecule has 3 aromatic rings. The van der Waals surface area contributed by atoms with E-state index in [0.29, 0.717) is 25.1 Å². The summed E-state index contributed by atoms with van der Waals surface area (Å²) in [5.74, 6) is -0.0306. The molecule has 172 valence electrons. The van der Waals surface area contributed by atoms with Crippen LogP contribution in [-0.4, -0.2) is 45.7 Å². The van der Waals surface area contributed by atoms with Crippen LogP contribution in [0.5, 0.6) is 0 Å². The van der Waals surface area contributed by atoms with Crippen molar-refractivity contribution in [2.24, 2.45) is 5.92 Å². The van der Waals surface area contributed by atoms with E-state index in [9.17, 15) is 9.59 Å². The van der Waals surface area contributed by atoms with E-state index in [-0.39, 0.29) is 35.8 Å². The summed E-state index contributed by atoms with van der Waals surface area (Å²) < 4.78 is 5.93. The van der Waals surface area contributed by atoms with Gasteiger partial charge in [0.1, 0.15) is 12.3 Å². The van der Waals surface area contributed by atoms with Gasteiger partial charge in [0.25, 0.3) is 0 Å². The summed E-state index contributed by atoms with van der Waals surface area (Å²) >= 11 is 0. The number of amides is 1. The van der Waals surface area contributed by atoms with Gasteiger partial charge in [-0.2, -0.15) is 5.10 Å². The van der Waals surface area contributed by atoms with Crippen LogP contribution in [0.3, 0.4) is 0 Å². The van der Waals surface area contributed by atoms with E-state index >= 15 is 0 Å². The number of fused-ring (bicyclic) bond motifs is 5. The number of benzene rings is 2. The second kappa shape index (κ2) is 8.35. The molecule has 0 radical (unpaired) electrons. The van der Waals surface area contributed by atoms with E-state index in [1.807, 2.05) is 30.0 Å². The van der Waals surface area contributed by atoms with Crippen molar-refractivity contribution in [2.45, 2.75) is 50.6 Å². The number of ether oxygens (including phenoxy) is 1. The summed E-state index contributed by atoms with van der Waals surface area (Å²) in [6.07, 6.45) is 2.90. The maximum atomic E-state index is 13.2. The highest BCUT2D eigenvalue weighted by molar-refractivity contribution is 5.96. The zero-order valence-electron chi connectivity index (χ0n) is 19.2. The van der Waals surface area contributed by atoms with Gasteiger partial charge in [-0.05, 0) is 67.0 Å². The average molecular weight is 454 g/mol. The van der Waals surface area contributed by atoms with E-state index in [1.54, 1.807) is 6.07 Å². The van der Waals surface area contributed by atoms with Crippen molar-refractivity contribution >= 4 is 11.9 Å². The first kappa shape index (κ1) is 21.0. The third-order valence-electron chi connectivity index (χ3n) is 7.70. The smallest absolute Gasteiger partial charge is 0.410 e. The molecule has 3 heterocycles. The lowest BCUT2D eigenvalue weighted by Crippen LogP contribution is -2.48. The zero-order valence-corrected chi connectivity index (χ0v) is 19.2. The van der Waals surface area contributed by atoms with E-state index in [1.165, 1.54) is 22.3 Å². The number of carbonyl (C=O) groups is 2. The third-order valence-corrected chi connectivity index (χ3v) is 7.70. The first-order valence-corrected chi connectivity index (χ1v) is 12.1. The van der Waals surface area contributed by atoms with Gasteiger partial charge in [0.05, 0.1) is 5.69 Å². The second-order valence-corrected chi connectivity index (χ2v) is 9.69. The number of aryl methyl sites for hydroxylation is 1. The Hall–Kier alpha value is -3.54. The molecule has 2 fully saturated rings. The van der Waals surface area contributed by atoms with Crippen LogP contribution in [0.1, 0.15) is 58.9 Å². The fourth-order valence-electron chi connectivity index (χ4n) is 6.10. The Morgan fingerprint density at radius 1 is 0.882 bits per heavy atom. The number of carbonyl (C=O) groups excluding carboxylic acids is 2. The molecule has 2 bridgehead atoms. The van der Waals surface area contributed by atoms with Crippen LogP contribution in [0.15, 0.2) is 60.7 Å². The van der Waals surface area contributed by atoms with Gasteiger partial charge in [0, 0.05) is 23.9 Å². The topological polar surface area (TPSA) is 72.4 Å². The summed E-state index contributed by atoms with van der Waals surface area (Å²) in [5, 5.41) is 8.11. The molecule has 6 heteroatoms. The lowest BCUT2D eigenvalue weighted by molar-refractivity contribution is 0.0503. The number of ketones is 1. The van der Waals surface area contributed by atoms with Gasteiger partial charge >= 0.3 is 6.09 Å². The zero-order chi connectivity index (χ0) is 23.2. The molecule has 6 rings (SSSR count). The number of rotatable bonds is 4. The van der Waals surface area contributed by atoms with Gasteiger partial charge in [-0.15, -0.1) is 5.10 Å². The first-order valence-electron chi connectivity index (χ1n) is 12.1. The molecule has 2 aromatic carbocycles. The molecule has 1 aliphatic carbocycles. The standard InChI is InChI=1S/C28H27N3O3/c1-17-10-13-26(30-29-17)27(32)18-14-19-11-12-20(15-18)31(19)28(33)34-16-25-23-8-4-2-6-21(23)22-7-3-5-9-24(22)25/h2-10,13,18-20,25H,11-12,14-16H2,1H3. The number of aromatic nitrogens is 2. The van der Waals surface area contributed by atoms with Crippen molar-refractivity contribution in [1.29, 1.82) is 0 Å². The van der Waals surface area contributed by atoms with Crippen LogP contribution in [-0.2, 0) is 4.74 Å². The Kier molecular flexibility index (Phi) is 5.16. The minimum absolute atomic E-state index is 0.0385. The molecule has 6 nitrogen and oxygen atoms in total. The SMILES string of the molecule is Cc1ccc(C(=O)C2CC3CCC(C2)N3C(=O)OCC2c3ccccc3-c3ccccc32)nn1. The summed E-state index contributed by atoms with van der Waals surface area (Å²) in [6.45, 7) is 2.18. The van der Waals surface area contributed by atoms with E-state index in [0.717, 1.165) is 18.5 Å². The Bertz CT molecular complexity index is 1200. The first-order chi connectivity index (χ1) is 16.6. The van der Waals surface area contributed by atoms with Crippen LogP contribution >= 0.6 is 0 Å². The number of nitrogens with zero attached hydrogens (tertiary/aromatic N) is 3. The molecule has 2 unspecified atom stereocenters. The van der Waals surface area contributed by atoms with Crippen LogP contribution in [0.4, 0.5) is 4.79 Å². The normalized spacial score (nSPS) is 22.9. The van der Waals surface area contributed by atoms with E-state index in [2.05, 4.69) is 46.6 Å². The maximum absolute atomic E-state index is 13.2. The highest BCUT2D eigenvalue weighted by Gasteiger charge is 2.46. The fraction of sp³-hybridized carbons (Fsp3) is 0.357. The van der Waals surface area contributed by atoms with Crippen LogP contribution < -0.4 is 0 Å². The van der Waals surface area contributed by atoms with Gasteiger partial charge in [0.15, 0.2) is 5.78 Å². The molecule has 3 aliphatic rings. The number of hydrogen-bond acceptors (Lipinski definition) is 5. The van der Waals surface area contributed by atoms with Crippen LogP contribution in [0.25, 0.3) is 11.1 Å². The average Bonchev–Trinajstić information content (AvgIpc) is 3.33. The lowest BCUT2D eigenvalue weighted by Gasteiger charge is -2.37. The van der Waals surface area contributed by atoms with Gasteiger partial charge in [-0.3, -0.25) is 4.79 Å². The summed E-state index contributed by atoms with van der Waals surface area (Å²) in [4.78, 5) is 28.1. The van der Waals surface area contributed by atoms with Gasteiger partial charge in [0.2, 0.25) is 0 Å². The Labute approximate surface area is 199 Å². The quantitative estimate of drug-likeness (QED) is 0.510. The molecule has 0 N–H and O–H groups in total. The van der Waals surface area contributed by atoms with Gasteiger partial charge < -0.3 is 9.64 Å². The Morgan fingerprint density at radius 3 is 2.09 bits per heavy atom. The van der Waals surface area contributed by atoms with Gasteiger partial charge in [-0.25, -0.2) is 4.79 Å². The number of hydrogen-bond donors (Lipinski definition) is 0. The number of piperidine rings is 1. The van der Waals surface area contributed by atoms with Crippen molar-refractivity contribution in [3.8, 4) is 11.1 Å². The maximum Gasteiger partial charge on any atom is 0.410 e. The van der Waals surface area contributed by atoms with Crippen LogP contribution in [0, 0.1) is 12.8 Å². The number of Topliss-reactive ketones (excluding diaryl/α,β-unsaturated/α-hetero) is 1. The molecule has 2 aliphatic heterocycles. The predicted octanol–water partition coefficient (Wildman–Crippen LogP) is 5.16. The molecule has 34 heavy (non-hydrogen) atoms. The Morgan fingerprint density at radius 2 is 1.50 bits per heavy atom. The van der Waals surface area contributed by atoms with Crippen LogP contribution in [0.2, 0.25) is 0 Å². The molecular formula is C28H27N3O3.